The van der Waals surface area contributed by atoms with Crippen molar-refractivity contribution in [2.45, 2.75) is 38.0 Å². The van der Waals surface area contributed by atoms with E-state index >= 15 is 0 Å². The molecule has 0 amide bonds. The van der Waals surface area contributed by atoms with Crippen molar-refractivity contribution in [3.8, 4) is 0 Å². The predicted molar refractivity (Wildman–Crippen MR) is 56.0 cm³/mol. The SMILES string of the molecule is OC(CCCC(F)(F)F)Cc1c(F)cccc1F. The first kappa shape index (κ1) is 14.9. The van der Waals surface area contributed by atoms with E-state index in [9.17, 15) is 27.1 Å². The standard InChI is InChI=1S/C12H13F5O/c13-10-4-1-5-11(14)9(10)7-8(18)3-2-6-12(15,16)17/h1,4-5,8,18H,2-3,6-7H2. The summed E-state index contributed by atoms with van der Waals surface area (Å²) in [5.41, 5.74) is -0.294. The summed E-state index contributed by atoms with van der Waals surface area (Å²) in [4.78, 5) is 0. The fourth-order valence-corrected chi connectivity index (χ4v) is 1.60. The Labute approximate surface area is 101 Å². The molecule has 0 aliphatic rings. The van der Waals surface area contributed by atoms with Gasteiger partial charge < -0.3 is 5.11 Å². The zero-order valence-corrected chi connectivity index (χ0v) is 9.47. The van der Waals surface area contributed by atoms with E-state index in [-0.39, 0.29) is 24.8 Å². The molecule has 6 heteroatoms. The quantitative estimate of drug-likeness (QED) is 0.809. The summed E-state index contributed by atoms with van der Waals surface area (Å²) in [5, 5.41) is 9.45. The molecule has 0 heterocycles. The van der Waals surface area contributed by atoms with Crippen LogP contribution in [0.2, 0.25) is 0 Å². The molecule has 1 N–H and O–H groups in total. The molecule has 1 unspecified atom stereocenters. The van der Waals surface area contributed by atoms with Gasteiger partial charge in [0, 0.05) is 18.4 Å². The maximum Gasteiger partial charge on any atom is 0.389 e. The molecule has 0 spiro atoms. The average molecular weight is 268 g/mol. The van der Waals surface area contributed by atoms with Crippen LogP contribution in [-0.2, 0) is 6.42 Å². The summed E-state index contributed by atoms with van der Waals surface area (Å²) in [6.45, 7) is 0. The Bertz CT molecular complexity index is 368. The third-order valence-electron chi connectivity index (χ3n) is 2.50. The molecule has 1 aromatic rings. The summed E-state index contributed by atoms with van der Waals surface area (Å²) in [6, 6.07) is 3.27. The number of alkyl halides is 3. The topological polar surface area (TPSA) is 20.2 Å². The summed E-state index contributed by atoms with van der Waals surface area (Å²) >= 11 is 0. The Hall–Kier alpha value is -1.17. The van der Waals surface area contributed by atoms with E-state index < -0.39 is 30.3 Å². The molecule has 1 aromatic carbocycles. The number of aliphatic hydroxyl groups is 1. The van der Waals surface area contributed by atoms with Gasteiger partial charge in [-0.05, 0) is 25.0 Å². The van der Waals surface area contributed by atoms with Gasteiger partial charge in [-0.1, -0.05) is 6.07 Å². The van der Waals surface area contributed by atoms with Gasteiger partial charge in [-0.2, -0.15) is 13.2 Å². The van der Waals surface area contributed by atoms with Crippen molar-refractivity contribution >= 4 is 0 Å². The van der Waals surface area contributed by atoms with Crippen LogP contribution in [0.4, 0.5) is 22.0 Å². The van der Waals surface area contributed by atoms with Crippen molar-refractivity contribution in [2.75, 3.05) is 0 Å². The van der Waals surface area contributed by atoms with E-state index in [0.717, 1.165) is 12.1 Å². The first-order valence-corrected chi connectivity index (χ1v) is 5.47. The Balaban J connectivity index is 2.47. The second-order valence-electron chi connectivity index (χ2n) is 4.07. The predicted octanol–water partition coefficient (Wildman–Crippen LogP) is 3.60. The van der Waals surface area contributed by atoms with Crippen LogP contribution < -0.4 is 0 Å². The highest BCUT2D eigenvalue weighted by Crippen LogP contribution is 2.23. The lowest BCUT2D eigenvalue weighted by Crippen LogP contribution is -2.15. The highest BCUT2D eigenvalue weighted by molar-refractivity contribution is 5.20. The van der Waals surface area contributed by atoms with Crippen molar-refractivity contribution in [1.82, 2.24) is 0 Å². The first-order valence-electron chi connectivity index (χ1n) is 5.47. The number of halogens is 5. The lowest BCUT2D eigenvalue weighted by atomic mass is 10.0. The molecular weight excluding hydrogens is 255 g/mol. The second kappa shape index (κ2) is 6.13. The van der Waals surface area contributed by atoms with Gasteiger partial charge in [0.1, 0.15) is 11.6 Å². The molecule has 1 rings (SSSR count). The number of benzene rings is 1. The molecule has 0 radical (unpaired) electrons. The van der Waals surface area contributed by atoms with E-state index in [2.05, 4.69) is 0 Å². The van der Waals surface area contributed by atoms with Crippen molar-refractivity contribution in [1.29, 1.82) is 0 Å². The van der Waals surface area contributed by atoms with E-state index in [1.807, 2.05) is 0 Å². The van der Waals surface area contributed by atoms with Gasteiger partial charge in [-0.15, -0.1) is 0 Å². The third-order valence-corrected chi connectivity index (χ3v) is 2.50. The van der Waals surface area contributed by atoms with Crippen LogP contribution >= 0.6 is 0 Å². The lowest BCUT2D eigenvalue weighted by Gasteiger charge is -2.12. The van der Waals surface area contributed by atoms with Crippen LogP contribution in [0.5, 0.6) is 0 Å². The van der Waals surface area contributed by atoms with Crippen LogP contribution in [0.25, 0.3) is 0 Å². The molecule has 0 saturated carbocycles. The summed E-state index contributed by atoms with van der Waals surface area (Å²) < 4.78 is 62.0. The minimum absolute atomic E-state index is 0.146. The number of hydrogen-bond donors (Lipinski definition) is 1. The van der Waals surface area contributed by atoms with Crippen molar-refractivity contribution < 1.29 is 27.1 Å². The van der Waals surface area contributed by atoms with Crippen LogP contribution in [0.1, 0.15) is 24.8 Å². The fraction of sp³-hybridized carbons (Fsp3) is 0.500. The summed E-state index contributed by atoms with van der Waals surface area (Å²) in [6.07, 6.45) is -7.20. The largest absolute Gasteiger partial charge is 0.393 e. The molecule has 102 valence electrons. The van der Waals surface area contributed by atoms with E-state index in [1.54, 1.807) is 0 Å². The first-order chi connectivity index (χ1) is 8.29. The van der Waals surface area contributed by atoms with Crippen LogP contribution in [0.3, 0.4) is 0 Å². The summed E-state index contributed by atoms with van der Waals surface area (Å²) in [7, 11) is 0. The van der Waals surface area contributed by atoms with Crippen molar-refractivity contribution in [3.63, 3.8) is 0 Å². The number of aliphatic hydroxyl groups excluding tert-OH is 1. The smallest absolute Gasteiger partial charge is 0.389 e. The van der Waals surface area contributed by atoms with Gasteiger partial charge in [0.05, 0.1) is 6.10 Å². The zero-order valence-electron chi connectivity index (χ0n) is 9.47. The maximum atomic E-state index is 13.2. The fourth-order valence-electron chi connectivity index (χ4n) is 1.60. The Kier molecular flexibility index (Phi) is 5.07. The molecule has 0 bridgehead atoms. The molecule has 0 saturated heterocycles. The molecule has 18 heavy (non-hydrogen) atoms. The highest BCUT2D eigenvalue weighted by Gasteiger charge is 2.26. The van der Waals surface area contributed by atoms with E-state index in [0.29, 0.717) is 0 Å². The van der Waals surface area contributed by atoms with Crippen LogP contribution in [-0.4, -0.2) is 17.4 Å². The monoisotopic (exact) mass is 268 g/mol. The molecule has 1 atom stereocenters. The van der Waals surface area contributed by atoms with Crippen molar-refractivity contribution in [3.05, 3.63) is 35.4 Å². The number of hydrogen-bond acceptors (Lipinski definition) is 1. The molecule has 0 aliphatic carbocycles. The lowest BCUT2D eigenvalue weighted by molar-refractivity contribution is -0.136. The second-order valence-corrected chi connectivity index (χ2v) is 4.07. The summed E-state index contributed by atoms with van der Waals surface area (Å²) in [5.74, 6) is -1.60. The minimum atomic E-state index is -4.27. The van der Waals surface area contributed by atoms with Gasteiger partial charge in [0.25, 0.3) is 0 Å². The van der Waals surface area contributed by atoms with Gasteiger partial charge in [-0.3, -0.25) is 0 Å². The van der Waals surface area contributed by atoms with Crippen LogP contribution in [0, 0.1) is 11.6 Å². The normalized spacial score (nSPS) is 13.7. The van der Waals surface area contributed by atoms with E-state index in [1.165, 1.54) is 6.07 Å². The van der Waals surface area contributed by atoms with Gasteiger partial charge >= 0.3 is 6.18 Å². The number of rotatable bonds is 5. The van der Waals surface area contributed by atoms with E-state index in [4.69, 9.17) is 0 Å². The van der Waals surface area contributed by atoms with Gasteiger partial charge in [-0.25, -0.2) is 8.78 Å². The molecule has 0 fully saturated rings. The molecule has 0 aliphatic heterocycles. The third kappa shape index (κ3) is 5.00. The van der Waals surface area contributed by atoms with Gasteiger partial charge in [0.15, 0.2) is 0 Å². The Morgan fingerprint density at radius 2 is 1.67 bits per heavy atom. The van der Waals surface area contributed by atoms with Gasteiger partial charge in [0.2, 0.25) is 0 Å². The Morgan fingerprint density at radius 1 is 1.11 bits per heavy atom. The molecule has 1 nitrogen and oxygen atoms in total. The minimum Gasteiger partial charge on any atom is -0.393 e. The maximum absolute atomic E-state index is 13.2. The average Bonchev–Trinajstić information content (AvgIpc) is 2.22. The Morgan fingerprint density at radius 3 is 2.17 bits per heavy atom. The van der Waals surface area contributed by atoms with Crippen molar-refractivity contribution in [2.24, 2.45) is 0 Å². The van der Waals surface area contributed by atoms with Crippen LogP contribution in [0.15, 0.2) is 18.2 Å². The zero-order chi connectivity index (χ0) is 13.8. The molecular formula is C12H13F5O. The highest BCUT2D eigenvalue weighted by atomic mass is 19.4. The molecule has 0 aromatic heterocycles.